The molecule has 3 heterocycles. The highest BCUT2D eigenvalue weighted by atomic mass is 16.5. The zero-order valence-corrected chi connectivity index (χ0v) is 14.0. The summed E-state index contributed by atoms with van der Waals surface area (Å²) < 4.78 is 5.57. The topological polar surface area (TPSA) is 77.0 Å². The summed E-state index contributed by atoms with van der Waals surface area (Å²) in [5, 5.41) is 3.05. The Balaban J connectivity index is 1.62. The molecule has 1 aliphatic rings. The number of pyridine rings is 1. The first-order valence-electron chi connectivity index (χ1n) is 8.23. The zero-order chi connectivity index (χ0) is 16.9. The van der Waals surface area contributed by atoms with E-state index in [2.05, 4.69) is 20.3 Å². The van der Waals surface area contributed by atoms with E-state index in [-0.39, 0.29) is 23.8 Å². The molecule has 1 N–H and O–H groups in total. The van der Waals surface area contributed by atoms with Gasteiger partial charge in [-0.25, -0.2) is 9.97 Å². The van der Waals surface area contributed by atoms with Crippen LogP contribution in [-0.2, 0) is 11.2 Å². The number of rotatable bonds is 5. The van der Waals surface area contributed by atoms with E-state index in [1.165, 1.54) is 5.56 Å². The molecule has 3 rings (SSSR count). The van der Waals surface area contributed by atoms with Gasteiger partial charge in [0.1, 0.15) is 5.82 Å². The second-order valence-electron chi connectivity index (χ2n) is 6.42. The minimum absolute atomic E-state index is 0.00422. The van der Waals surface area contributed by atoms with Gasteiger partial charge in [0.2, 0.25) is 0 Å². The molecule has 2 aromatic rings. The van der Waals surface area contributed by atoms with E-state index in [9.17, 15) is 4.79 Å². The fraction of sp³-hybridized carbons (Fsp3) is 0.444. The van der Waals surface area contributed by atoms with E-state index in [0.29, 0.717) is 18.8 Å². The maximum absolute atomic E-state index is 12.4. The van der Waals surface area contributed by atoms with E-state index in [0.717, 1.165) is 12.2 Å². The second kappa shape index (κ2) is 7.49. The Bertz CT molecular complexity index is 673. The van der Waals surface area contributed by atoms with Crippen LogP contribution >= 0.6 is 0 Å². The van der Waals surface area contributed by atoms with Crippen LogP contribution in [0.4, 0.5) is 0 Å². The molecule has 6 heteroatoms. The predicted octanol–water partition coefficient (Wildman–Crippen LogP) is 1.98. The summed E-state index contributed by atoms with van der Waals surface area (Å²) in [5.41, 5.74) is 1.68. The monoisotopic (exact) mass is 326 g/mol. The van der Waals surface area contributed by atoms with Gasteiger partial charge >= 0.3 is 0 Å². The van der Waals surface area contributed by atoms with Gasteiger partial charge in [-0.3, -0.25) is 9.78 Å². The van der Waals surface area contributed by atoms with Crippen molar-refractivity contribution in [2.75, 3.05) is 13.2 Å². The largest absolute Gasteiger partial charge is 0.379 e. The molecular weight excluding hydrogens is 304 g/mol. The van der Waals surface area contributed by atoms with Crippen LogP contribution in [0.25, 0.3) is 0 Å². The first-order chi connectivity index (χ1) is 11.6. The van der Waals surface area contributed by atoms with E-state index in [4.69, 9.17) is 4.74 Å². The number of carbonyl (C=O) groups excluding carboxylic acids is 1. The normalized spacial score (nSPS) is 20.3. The van der Waals surface area contributed by atoms with Crippen LogP contribution in [-0.4, -0.2) is 40.1 Å². The summed E-state index contributed by atoms with van der Waals surface area (Å²) in [6.45, 7) is 5.23. The van der Waals surface area contributed by atoms with Crippen molar-refractivity contribution in [1.29, 1.82) is 0 Å². The molecule has 0 spiro atoms. The number of hydrogen-bond acceptors (Lipinski definition) is 5. The van der Waals surface area contributed by atoms with Crippen molar-refractivity contribution in [1.82, 2.24) is 20.3 Å². The average molecular weight is 326 g/mol. The van der Waals surface area contributed by atoms with Gasteiger partial charge in [0.25, 0.3) is 5.91 Å². The van der Waals surface area contributed by atoms with E-state index >= 15 is 0 Å². The van der Waals surface area contributed by atoms with Crippen molar-refractivity contribution in [3.8, 4) is 0 Å². The van der Waals surface area contributed by atoms with Gasteiger partial charge in [-0.2, -0.15) is 0 Å². The lowest BCUT2D eigenvalue weighted by atomic mass is 9.95. The maximum Gasteiger partial charge on any atom is 0.254 e. The predicted molar refractivity (Wildman–Crippen MR) is 89.6 cm³/mol. The van der Waals surface area contributed by atoms with Crippen molar-refractivity contribution in [2.45, 2.75) is 32.2 Å². The standard InChI is InChI=1S/C18H22N4O2/c1-12(2)17-20-8-15(9-21-17)18(23)22-16-11-24-10-14(16)7-13-3-5-19-6-4-13/h3-6,8-9,12,14,16H,7,10-11H2,1-2H3,(H,22,23)/t14-,16+/m1/s1. The van der Waals surface area contributed by atoms with Gasteiger partial charge in [0, 0.05) is 36.6 Å². The number of nitrogens with one attached hydrogen (secondary N) is 1. The third kappa shape index (κ3) is 3.94. The fourth-order valence-electron chi connectivity index (χ4n) is 2.79. The van der Waals surface area contributed by atoms with Crippen molar-refractivity contribution >= 4 is 5.91 Å². The molecule has 1 amide bonds. The molecule has 2 aromatic heterocycles. The molecule has 0 aromatic carbocycles. The zero-order valence-electron chi connectivity index (χ0n) is 14.0. The molecule has 1 fully saturated rings. The van der Waals surface area contributed by atoms with Gasteiger partial charge in [0.15, 0.2) is 0 Å². The lowest BCUT2D eigenvalue weighted by Gasteiger charge is -2.19. The number of ether oxygens (including phenoxy) is 1. The van der Waals surface area contributed by atoms with Crippen LogP contribution in [0.3, 0.4) is 0 Å². The lowest BCUT2D eigenvalue weighted by molar-refractivity contribution is 0.0924. The summed E-state index contributed by atoms with van der Waals surface area (Å²) >= 11 is 0. The van der Waals surface area contributed by atoms with Gasteiger partial charge < -0.3 is 10.1 Å². The Labute approximate surface area is 141 Å². The summed E-state index contributed by atoms with van der Waals surface area (Å²) in [5.74, 6) is 1.09. The quantitative estimate of drug-likeness (QED) is 0.909. The maximum atomic E-state index is 12.4. The number of amides is 1. The molecule has 0 saturated carbocycles. The third-order valence-electron chi connectivity index (χ3n) is 4.21. The molecule has 0 bridgehead atoms. The Morgan fingerprint density at radius 1 is 1.25 bits per heavy atom. The summed E-state index contributed by atoms with van der Waals surface area (Å²) in [7, 11) is 0. The Kier molecular flexibility index (Phi) is 5.15. The highest BCUT2D eigenvalue weighted by molar-refractivity contribution is 5.93. The molecule has 6 nitrogen and oxygen atoms in total. The van der Waals surface area contributed by atoms with Gasteiger partial charge in [-0.1, -0.05) is 13.8 Å². The summed E-state index contributed by atoms with van der Waals surface area (Å²) in [6.07, 6.45) is 7.60. The average Bonchev–Trinajstić information content (AvgIpc) is 3.02. The van der Waals surface area contributed by atoms with Gasteiger partial charge in [0.05, 0.1) is 24.8 Å². The Morgan fingerprint density at radius 2 is 1.96 bits per heavy atom. The molecule has 2 atom stereocenters. The molecular formula is C18H22N4O2. The smallest absolute Gasteiger partial charge is 0.254 e. The van der Waals surface area contributed by atoms with Crippen LogP contribution in [0.15, 0.2) is 36.9 Å². The van der Waals surface area contributed by atoms with Crippen LogP contribution in [0.2, 0.25) is 0 Å². The minimum Gasteiger partial charge on any atom is -0.379 e. The lowest BCUT2D eigenvalue weighted by Crippen LogP contribution is -2.40. The van der Waals surface area contributed by atoms with E-state index in [1.54, 1.807) is 24.8 Å². The first kappa shape index (κ1) is 16.5. The number of nitrogens with zero attached hydrogens (tertiary/aromatic N) is 3. The molecule has 126 valence electrons. The number of carbonyl (C=O) groups is 1. The molecule has 24 heavy (non-hydrogen) atoms. The van der Waals surface area contributed by atoms with Crippen LogP contribution in [0, 0.1) is 5.92 Å². The van der Waals surface area contributed by atoms with Crippen LogP contribution in [0.5, 0.6) is 0 Å². The molecule has 0 aliphatic carbocycles. The van der Waals surface area contributed by atoms with Crippen LogP contribution < -0.4 is 5.32 Å². The Morgan fingerprint density at radius 3 is 2.62 bits per heavy atom. The first-order valence-corrected chi connectivity index (χ1v) is 8.23. The minimum atomic E-state index is -0.152. The van der Waals surface area contributed by atoms with E-state index in [1.807, 2.05) is 26.0 Å². The highest BCUT2D eigenvalue weighted by Crippen LogP contribution is 2.19. The van der Waals surface area contributed by atoms with Gasteiger partial charge in [-0.05, 0) is 24.1 Å². The van der Waals surface area contributed by atoms with Crippen LogP contribution in [0.1, 0.15) is 41.5 Å². The van der Waals surface area contributed by atoms with Gasteiger partial charge in [-0.15, -0.1) is 0 Å². The second-order valence-corrected chi connectivity index (χ2v) is 6.42. The van der Waals surface area contributed by atoms with Crippen molar-refractivity contribution in [2.24, 2.45) is 5.92 Å². The summed E-state index contributed by atoms with van der Waals surface area (Å²) in [4.78, 5) is 25.0. The highest BCUT2D eigenvalue weighted by Gasteiger charge is 2.30. The third-order valence-corrected chi connectivity index (χ3v) is 4.21. The number of hydrogen-bond donors (Lipinski definition) is 1. The van der Waals surface area contributed by atoms with E-state index < -0.39 is 0 Å². The molecule has 0 unspecified atom stereocenters. The Hall–Kier alpha value is -2.34. The molecule has 1 aliphatic heterocycles. The molecule has 0 radical (unpaired) electrons. The van der Waals surface area contributed by atoms with Crippen molar-refractivity contribution in [3.63, 3.8) is 0 Å². The SMILES string of the molecule is CC(C)c1ncc(C(=O)N[C@H]2COC[C@H]2Cc2ccncc2)cn1. The molecule has 1 saturated heterocycles. The fourth-order valence-corrected chi connectivity index (χ4v) is 2.79. The number of aromatic nitrogens is 3. The van der Waals surface area contributed by atoms with Crippen molar-refractivity contribution in [3.05, 3.63) is 53.9 Å². The van der Waals surface area contributed by atoms with Crippen molar-refractivity contribution < 1.29 is 9.53 Å². The summed E-state index contributed by atoms with van der Waals surface area (Å²) in [6, 6.07) is 3.99.